The molecule has 0 spiro atoms. The van der Waals surface area contributed by atoms with Gasteiger partial charge in [-0.1, -0.05) is 13.5 Å². The quantitative estimate of drug-likeness (QED) is 0.640. The number of carbonyl (C=O) groups excluding carboxylic acids is 1. The molecule has 0 radical (unpaired) electrons. The first kappa shape index (κ1) is 11.3. The lowest BCUT2D eigenvalue weighted by molar-refractivity contribution is -0.127. The lowest BCUT2D eigenvalue weighted by Gasteiger charge is -2.36. The van der Waals surface area contributed by atoms with Gasteiger partial charge in [-0.2, -0.15) is 0 Å². The van der Waals surface area contributed by atoms with Gasteiger partial charge in [-0.25, -0.2) is 8.78 Å². The number of ketones is 1. The van der Waals surface area contributed by atoms with Crippen LogP contribution in [-0.2, 0) is 4.79 Å². The molecule has 1 saturated carbocycles. The van der Waals surface area contributed by atoms with Crippen molar-refractivity contribution in [2.45, 2.75) is 39.0 Å². The fourth-order valence-corrected chi connectivity index (χ4v) is 1.98. The maximum Gasteiger partial charge on any atom is 0.248 e. The molecule has 1 aliphatic carbocycles. The fraction of sp³-hybridized carbons (Fsp3) is 0.727. The predicted octanol–water partition coefficient (Wildman–Crippen LogP) is 3.20. The minimum absolute atomic E-state index is 0.000200. The largest absolute Gasteiger partial charge is 0.294 e. The number of carbonyl (C=O) groups is 1. The van der Waals surface area contributed by atoms with Gasteiger partial charge in [0, 0.05) is 18.8 Å². The average molecular weight is 202 g/mol. The summed E-state index contributed by atoms with van der Waals surface area (Å²) < 4.78 is 25.0. The molecular formula is C11H16F2O. The molecule has 14 heavy (non-hydrogen) atoms. The SMILES string of the molecule is C=C(C)C(=O)[C@@H](C)CC1CC(F)(F)C1. The number of rotatable bonds is 4. The topological polar surface area (TPSA) is 17.1 Å². The van der Waals surface area contributed by atoms with E-state index in [-0.39, 0.29) is 30.5 Å². The van der Waals surface area contributed by atoms with Crippen molar-refractivity contribution in [1.82, 2.24) is 0 Å². The Kier molecular flexibility index (Phi) is 3.07. The first-order chi connectivity index (χ1) is 6.32. The molecule has 0 aliphatic heterocycles. The van der Waals surface area contributed by atoms with E-state index in [9.17, 15) is 13.6 Å². The third kappa shape index (κ3) is 2.63. The number of halogens is 2. The van der Waals surface area contributed by atoms with E-state index in [0.29, 0.717) is 12.0 Å². The summed E-state index contributed by atoms with van der Waals surface area (Å²) in [5, 5.41) is 0. The molecule has 0 unspecified atom stereocenters. The first-order valence-corrected chi connectivity index (χ1v) is 4.89. The van der Waals surface area contributed by atoms with Crippen LogP contribution in [0.5, 0.6) is 0 Å². The van der Waals surface area contributed by atoms with E-state index in [1.807, 2.05) is 0 Å². The molecule has 3 heteroatoms. The summed E-state index contributed by atoms with van der Waals surface area (Å²) >= 11 is 0. The minimum atomic E-state index is -2.48. The molecule has 0 saturated heterocycles. The van der Waals surface area contributed by atoms with Gasteiger partial charge in [0.15, 0.2) is 5.78 Å². The normalized spacial score (nSPS) is 22.6. The third-order valence-electron chi connectivity index (χ3n) is 2.73. The van der Waals surface area contributed by atoms with Crippen molar-refractivity contribution in [2.24, 2.45) is 11.8 Å². The Morgan fingerprint density at radius 2 is 2.07 bits per heavy atom. The molecule has 1 fully saturated rings. The van der Waals surface area contributed by atoms with Gasteiger partial charge in [0.2, 0.25) is 5.92 Å². The molecular weight excluding hydrogens is 186 g/mol. The van der Waals surface area contributed by atoms with E-state index >= 15 is 0 Å². The van der Waals surface area contributed by atoms with Crippen molar-refractivity contribution in [3.63, 3.8) is 0 Å². The molecule has 0 heterocycles. The van der Waals surface area contributed by atoms with E-state index < -0.39 is 5.92 Å². The number of Topliss-reactive ketones (excluding diaryl/α,β-unsaturated/α-hetero) is 1. The molecule has 0 aromatic heterocycles. The average Bonchev–Trinajstić information content (AvgIpc) is 1.99. The van der Waals surface area contributed by atoms with E-state index in [4.69, 9.17) is 0 Å². The molecule has 0 amide bonds. The van der Waals surface area contributed by atoms with Gasteiger partial charge in [-0.15, -0.1) is 0 Å². The number of alkyl halides is 2. The second-order valence-electron chi connectivity index (χ2n) is 4.41. The molecule has 1 atom stereocenters. The molecule has 0 aromatic rings. The van der Waals surface area contributed by atoms with Crippen molar-refractivity contribution in [2.75, 3.05) is 0 Å². The maximum atomic E-state index is 12.5. The fourth-order valence-electron chi connectivity index (χ4n) is 1.98. The van der Waals surface area contributed by atoms with Gasteiger partial charge in [-0.05, 0) is 24.8 Å². The Morgan fingerprint density at radius 3 is 2.43 bits per heavy atom. The summed E-state index contributed by atoms with van der Waals surface area (Å²) in [5.74, 6) is -2.62. The van der Waals surface area contributed by atoms with Crippen molar-refractivity contribution in [1.29, 1.82) is 0 Å². The molecule has 80 valence electrons. The van der Waals surface area contributed by atoms with Crippen LogP contribution < -0.4 is 0 Å². The Hall–Kier alpha value is -0.730. The van der Waals surface area contributed by atoms with Crippen molar-refractivity contribution in [3.8, 4) is 0 Å². The van der Waals surface area contributed by atoms with Gasteiger partial charge in [0.25, 0.3) is 0 Å². The standard InChI is InChI=1S/C11H16F2O/c1-7(2)10(14)8(3)4-9-5-11(12,13)6-9/h8-9H,1,4-6H2,2-3H3/t8-/m0/s1. The van der Waals surface area contributed by atoms with E-state index in [1.54, 1.807) is 13.8 Å². The zero-order valence-electron chi connectivity index (χ0n) is 8.65. The maximum absolute atomic E-state index is 12.5. The summed E-state index contributed by atoms with van der Waals surface area (Å²) in [6, 6.07) is 0. The van der Waals surface area contributed by atoms with E-state index in [1.165, 1.54) is 0 Å². The van der Waals surface area contributed by atoms with Crippen LogP contribution in [0.4, 0.5) is 8.78 Å². The molecule has 1 aliphatic rings. The van der Waals surface area contributed by atoms with Crippen molar-refractivity contribution < 1.29 is 13.6 Å². The van der Waals surface area contributed by atoms with E-state index in [2.05, 4.69) is 6.58 Å². The second kappa shape index (κ2) is 3.79. The summed E-state index contributed by atoms with van der Waals surface area (Å²) in [4.78, 5) is 11.4. The zero-order valence-corrected chi connectivity index (χ0v) is 8.65. The smallest absolute Gasteiger partial charge is 0.248 e. The second-order valence-corrected chi connectivity index (χ2v) is 4.41. The van der Waals surface area contributed by atoms with Crippen LogP contribution in [-0.4, -0.2) is 11.7 Å². The highest BCUT2D eigenvalue weighted by Gasteiger charge is 2.45. The van der Waals surface area contributed by atoms with Crippen LogP contribution in [0.25, 0.3) is 0 Å². The lowest BCUT2D eigenvalue weighted by atomic mass is 9.75. The summed E-state index contributed by atoms with van der Waals surface area (Å²) in [6.07, 6.45) is 0.461. The van der Waals surface area contributed by atoms with Gasteiger partial charge >= 0.3 is 0 Å². The van der Waals surface area contributed by atoms with Crippen LogP contribution in [0, 0.1) is 11.8 Å². The minimum Gasteiger partial charge on any atom is -0.294 e. The molecule has 0 aromatic carbocycles. The molecule has 1 nitrogen and oxygen atoms in total. The highest BCUT2D eigenvalue weighted by Crippen LogP contribution is 2.45. The summed E-state index contributed by atoms with van der Waals surface area (Å²) in [5.41, 5.74) is 0.517. The monoisotopic (exact) mass is 202 g/mol. The molecule has 0 N–H and O–H groups in total. The Bertz CT molecular complexity index is 250. The van der Waals surface area contributed by atoms with Crippen molar-refractivity contribution in [3.05, 3.63) is 12.2 Å². The van der Waals surface area contributed by atoms with Crippen molar-refractivity contribution >= 4 is 5.78 Å². The van der Waals surface area contributed by atoms with Gasteiger partial charge in [-0.3, -0.25) is 4.79 Å². The first-order valence-electron chi connectivity index (χ1n) is 4.89. The van der Waals surface area contributed by atoms with Crippen LogP contribution in [0.15, 0.2) is 12.2 Å². The van der Waals surface area contributed by atoms with Gasteiger partial charge in [0.05, 0.1) is 0 Å². The number of hydrogen-bond donors (Lipinski definition) is 0. The third-order valence-corrected chi connectivity index (χ3v) is 2.73. The number of hydrogen-bond acceptors (Lipinski definition) is 1. The predicted molar refractivity (Wildman–Crippen MR) is 51.3 cm³/mol. The van der Waals surface area contributed by atoms with Crippen LogP contribution in [0.1, 0.15) is 33.1 Å². The van der Waals surface area contributed by atoms with Crippen LogP contribution in [0.3, 0.4) is 0 Å². The highest BCUT2D eigenvalue weighted by molar-refractivity contribution is 5.95. The van der Waals surface area contributed by atoms with Gasteiger partial charge < -0.3 is 0 Å². The molecule has 0 bridgehead atoms. The molecule has 1 rings (SSSR count). The van der Waals surface area contributed by atoms with Crippen LogP contribution in [0.2, 0.25) is 0 Å². The zero-order chi connectivity index (χ0) is 10.9. The number of allylic oxidation sites excluding steroid dienone is 1. The summed E-state index contributed by atoms with van der Waals surface area (Å²) in [6.45, 7) is 7.00. The Morgan fingerprint density at radius 1 is 1.57 bits per heavy atom. The van der Waals surface area contributed by atoms with Crippen LogP contribution >= 0.6 is 0 Å². The van der Waals surface area contributed by atoms with E-state index in [0.717, 1.165) is 0 Å². The summed E-state index contributed by atoms with van der Waals surface area (Å²) in [7, 11) is 0. The highest BCUT2D eigenvalue weighted by atomic mass is 19.3. The Balaban J connectivity index is 2.33. The van der Waals surface area contributed by atoms with Gasteiger partial charge in [0.1, 0.15) is 0 Å². The Labute approximate surface area is 83.2 Å². The lowest BCUT2D eigenvalue weighted by Crippen LogP contribution is -2.37.